The number of nitrogens with one attached hydrogen (secondary N) is 1. The summed E-state index contributed by atoms with van der Waals surface area (Å²) in [5.41, 5.74) is 0. The number of carbonyl (C=O) groups excluding carboxylic acids is 1. The minimum Gasteiger partial charge on any atom is -0.340 e. The summed E-state index contributed by atoms with van der Waals surface area (Å²) in [6.07, 6.45) is 3.06. The highest BCUT2D eigenvalue weighted by atomic mass is 32.2. The van der Waals surface area contributed by atoms with E-state index < -0.39 is 0 Å². The van der Waals surface area contributed by atoms with Crippen molar-refractivity contribution in [1.82, 2.24) is 10.2 Å². The van der Waals surface area contributed by atoms with Crippen molar-refractivity contribution in [2.75, 3.05) is 26.4 Å². The monoisotopic (exact) mass is 202 g/mol. The van der Waals surface area contributed by atoms with E-state index in [4.69, 9.17) is 0 Å². The van der Waals surface area contributed by atoms with E-state index in [0.29, 0.717) is 6.04 Å². The average molecular weight is 202 g/mol. The lowest BCUT2D eigenvalue weighted by molar-refractivity contribution is -0.130. The molecule has 1 amide bonds. The van der Waals surface area contributed by atoms with E-state index in [2.05, 4.69) is 5.32 Å². The maximum Gasteiger partial charge on any atom is 0.235 e. The van der Waals surface area contributed by atoms with Crippen LogP contribution in [0.5, 0.6) is 0 Å². The maximum absolute atomic E-state index is 11.7. The molecule has 1 saturated heterocycles. The van der Waals surface area contributed by atoms with Crippen LogP contribution in [-0.4, -0.2) is 48.5 Å². The van der Waals surface area contributed by atoms with E-state index in [1.54, 1.807) is 11.8 Å². The molecule has 1 N–H and O–H groups in total. The van der Waals surface area contributed by atoms with Gasteiger partial charge in [0.2, 0.25) is 5.91 Å². The van der Waals surface area contributed by atoms with Crippen molar-refractivity contribution in [2.24, 2.45) is 0 Å². The van der Waals surface area contributed by atoms with Gasteiger partial charge in [0, 0.05) is 19.6 Å². The van der Waals surface area contributed by atoms with E-state index in [1.807, 2.05) is 25.1 Å². The van der Waals surface area contributed by atoms with Crippen LogP contribution >= 0.6 is 11.8 Å². The first kappa shape index (κ1) is 10.9. The Bertz CT molecular complexity index is 180. The quantitative estimate of drug-likeness (QED) is 0.726. The predicted octanol–water partition coefficient (Wildman–Crippen LogP) is 0.558. The van der Waals surface area contributed by atoms with Crippen molar-refractivity contribution < 1.29 is 4.79 Å². The van der Waals surface area contributed by atoms with Gasteiger partial charge in [0.05, 0.1) is 5.25 Å². The first-order valence-electron chi connectivity index (χ1n) is 4.67. The van der Waals surface area contributed by atoms with Crippen LogP contribution in [-0.2, 0) is 4.79 Å². The molecule has 0 aromatic rings. The molecule has 3 nitrogen and oxygen atoms in total. The Morgan fingerprint density at radius 3 is 2.85 bits per heavy atom. The molecule has 0 unspecified atom stereocenters. The second-order valence-corrected chi connectivity index (χ2v) is 4.65. The molecular formula is C9H18N2OS. The van der Waals surface area contributed by atoms with Crippen molar-refractivity contribution in [1.29, 1.82) is 0 Å². The number of amides is 1. The molecule has 1 rings (SSSR count). The minimum absolute atomic E-state index is 0.0885. The van der Waals surface area contributed by atoms with Crippen molar-refractivity contribution in [3.05, 3.63) is 0 Å². The smallest absolute Gasteiger partial charge is 0.235 e. The summed E-state index contributed by atoms with van der Waals surface area (Å²) in [5, 5.41) is 3.35. The van der Waals surface area contributed by atoms with E-state index in [-0.39, 0.29) is 11.2 Å². The van der Waals surface area contributed by atoms with Gasteiger partial charge in [-0.25, -0.2) is 0 Å². The number of hydrogen-bond acceptors (Lipinski definition) is 3. The molecule has 4 heteroatoms. The Morgan fingerprint density at radius 2 is 2.38 bits per heavy atom. The standard InChI is InChI=1S/C9H18N2OS/c1-7(13-3)9(12)11(2)8-4-5-10-6-8/h7-8,10H,4-6H2,1-3H3/t7-,8+/m1/s1. The van der Waals surface area contributed by atoms with Gasteiger partial charge < -0.3 is 10.2 Å². The van der Waals surface area contributed by atoms with Crippen molar-refractivity contribution in [3.63, 3.8) is 0 Å². The summed E-state index contributed by atoms with van der Waals surface area (Å²) in [6.45, 7) is 3.95. The highest BCUT2D eigenvalue weighted by molar-refractivity contribution is 7.99. The molecule has 0 spiro atoms. The minimum atomic E-state index is 0.0885. The van der Waals surface area contributed by atoms with Gasteiger partial charge in [0.1, 0.15) is 0 Å². The molecule has 76 valence electrons. The van der Waals surface area contributed by atoms with Gasteiger partial charge >= 0.3 is 0 Å². The zero-order valence-electron chi connectivity index (χ0n) is 8.54. The Morgan fingerprint density at radius 1 is 1.69 bits per heavy atom. The molecule has 0 aliphatic carbocycles. The Balaban J connectivity index is 2.45. The highest BCUT2D eigenvalue weighted by Crippen LogP contribution is 2.13. The van der Waals surface area contributed by atoms with Gasteiger partial charge in [0.15, 0.2) is 0 Å². The van der Waals surface area contributed by atoms with Crippen LogP contribution in [0.4, 0.5) is 0 Å². The number of likely N-dealkylation sites (N-methyl/N-ethyl adjacent to an activating group) is 1. The molecule has 1 heterocycles. The fourth-order valence-electron chi connectivity index (χ4n) is 1.54. The molecule has 0 aromatic heterocycles. The lowest BCUT2D eigenvalue weighted by atomic mass is 10.2. The van der Waals surface area contributed by atoms with Gasteiger partial charge in [-0.3, -0.25) is 4.79 Å². The summed E-state index contributed by atoms with van der Waals surface area (Å²) in [7, 11) is 1.91. The maximum atomic E-state index is 11.7. The van der Waals surface area contributed by atoms with E-state index in [1.165, 1.54) is 0 Å². The number of nitrogens with zero attached hydrogens (tertiary/aromatic N) is 1. The third kappa shape index (κ3) is 2.61. The molecule has 1 aliphatic heterocycles. The number of carbonyl (C=O) groups is 1. The van der Waals surface area contributed by atoms with Crippen LogP contribution in [0, 0.1) is 0 Å². The summed E-state index contributed by atoms with van der Waals surface area (Å²) < 4.78 is 0. The molecule has 2 atom stereocenters. The van der Waals surface area contributed by atoms with E-state index in [0.717, 1.165) is 19.5 Å². The third-order valence-corrected chi connectivity index (χ3v) is 3.54. The molecule has 13 heavy (non-hydrogen) atoms. The van der Waals surface area contributed by atoms with Crippen LogP contribution in [0.15, 0.2) is 0 Å². The first-order valence-corrected chi connectivity index (χ1v) is 5.95. The van der Waals surface area contributed by atoms with Crippen molar-refractivity contribution >= 4 is 17.7 Å². The van der Waals surface area contributed by atoms with Gasteiger partial charge in [0.25, 0.3) is 0 Å². The molecule has 0 bridgehead atoms. The molecule has 1 fully saturated rings. The normalized spacial score (nSPS) is 24.4. The van der Waals surface area contributed by atoms with Crippen LogP contribution in [0.25, 0.3) is 0 Å². The van der Waals surface area contributed by atoms with Crippen LogP contribution in [0.3, 0.4) is 0 Å². The second kappa shape index (κ2) is 4.86. The first-order chi connectivity index (χ1) is 6.16. The van der Waals surface area contributed by atoms with Gasteiger partial charge in [-0.15, -0.1) is 0 Å². The van der Waals surface area contributed by atoms with Crippen LogP contribution < -0.4 is 5.32 Å². The zero-order chi connectivity index (χ0) is 9.84. The summed E-state index contributed by atoms with van der Waals surface area (Å²) in [4.78, 5) is 13.6. The SMILES string of the molecule is CS[C@H](C)C(=O)N(C)[C@H]1CCNC1. The zero-order valence-corrected chi connectivity index (χ0v) is 9.36. The topological polar surface area (TPSA) is 32.3 Å². The lowest BCUT2D eigenvalue weighted by Crippen LogP contribution is -2.42. The predicted molar refractivity (Wildman–Crippen MR) is 57.0 cm³/mol. The summed E-state index contributed by atoms with van der Waals surface area (Å²) >= 11 is 1.61. The number of rotatable bonds is 3. The molecule has 1 aliphatic rings. The number of thioether (sulfide) groups is 1. The third-order valence-electron chi connectivity index (χ3n) is 2.63. The van der Waals surface area contributed by atoms with Crippen LogP contribution in [0.2, 0.25) is 0 Å². The van der Waals surface area contributed by atoms with E-state index in [9.17, 15) is 4.79 Å². The molecule has 0 aromatic carbocycles. The van der Waals surface area contributed by atoms with Gasteiger partial charge in [-0.2, -0.15) is 11.8 Å². The molecular weight excluding hydrogens is 184 g/mol. The molecule has 0 saturated carbocycles. The lowest BCUT2D eigenvalue weighted by Gasteiger charge is -2.26. The fourth-order valence-corrected chi connectivity index (χ4v) is 1.91. The molecule has 0 radical (unpaired) electrons. The van der Waals surface area contributed by atoms with Gasteiger partial charge in [-0.1, -0.05) is 0 Å². The summed E-state index contributed by atoms with van der Waals surface area (Å²) in [5.74, 6) is 0.251. The Hall–Kier alpha value is -0.220. The largest absolute Gasteiger partial charge is 0.340 e. The van der Waals surface area contributed by atoms with Gasteiger partial charge in [-0.05, 0) is 26.1 Å². The summed E-state index contributed by atoms with van der Waals surface area (Å²) in [6, 6.07) is 0.405. The fraction of sp³-hybridized carbons (Fsp3) is 0.889. The Kier molecular flexibility index (Phi) is 4.06. The Labute approximate surface area is 84.2 Å². The van der Waals surface area contributed by atoms with E-state index >= 15 is 0 Å². The van der Waals surface area contributed by atoms with Crippen molar-refractivity contribution in [3.8, 4) is 0 Å². The highest BCUT2D eigenvalue weighted by Gasteiger charge is 2.25. The van der Waals surface area contributed by atoms with Crippen LogP contribution in [0.1, 0.15) is 13.3 Å². The average Bonchev–Trinajstić information content (AvgIpc) is 2.67. The number of hydrogen-bond donors (Lipinski definition) is 1. The van der Waals surface area contributed by atoms with Crippen molar-refractivity contribution in [2.45, 2.75) is 24.6 Å². The second-order valence-electron chi connectivity index (χ2n) is 3.47.